The van der Waals surface area contributed by atoms with Gasteiger partial charge in [0.15, 0.2) is 11.2 Å². The number of aryl methyl sites for hydroxylation is 2. The molecule has 0 aliphatic carbocycles. The Balaban J connectivity index is 1.83. The average molecular weight is 347 g/mol. The van der Waals surface area contributed by atoms with Gasteiger partial charge in [-0.05, 0) is 25.7 Å². The second-order valence-electron chi connectivity index (χ2n) is 6.71. The molecule has 0 aromatic carbocycles. The van der Waals surface area contributed by atoms with Gasteiger partial charge in [0.2, 0.25) is 5.91 Å². The van der Waals surface area contributed by atoms with Gasteiger partial charge < -0.3 is 9.47 Å². The van der Waals surface area contributed by atoms with Crippen LogP contribution in [0.15, 0.2) is 15.9 Å². The van der Waals surface area contributed by atoms with Gasteiger partial charge in [-0.1, -0.05) is 6.92 Å². The topological polar surface area (TPSA) is 82.1 Å². The van der Waals surface area contributed by atoms with Crippen LogP contribution in [-0.2, 0) is 25.4 Å². The molecule has 0 bridgehead atoms. The molecule has 136 valence electrons. The van der Waals surface area contributed by atoms with Crippen LogP contribution in [0.4, 0.5) is 0 Å². The van der Waals surface area contributed by atoms with E-state index in [9.17, 15) is 14.4 Å². The van der Waals surface area contributed by atoms with Crippen molar-refractivity contribution < 1.29 is 4.79 Å². The molecule has 1 aliphatic rings. The van der Waals surface area contributed by atoms with Gasteiger partial charge in [0, 0.05) is 39.6 Å². The molecule has 1 fully saturated rings. The minimum atomic E-state index is -0.405. The number of aromatic nitrogens is 4. The summed E-state index contributed by atoms with van der Waals surface area (Å²) in [6.45, 7) is 3.32. The Labute approximate surface area is 145 Å². The van der Waals surface area contributed by atoms with Crippen LogP contribution in [-0.4, -0.2) is 42.1 Å². The van der Waals surface area contributed by atoms with Gasteiger partial charge in [-0.15, -0.1) is 0 Å². The van der Waals surface area contributed by atoms with Crippen molar-refractivity contribution in [2.45, 2.75) is 51.6 Å². The van der Waals surface area contributed by atoms with Gasteiger partial charge in [-0.25, -0.2) is 9.78 Å². The summed E-state index contributed by atoms with van der Waals surface area (Å²) in [5.74, 6) is 0.120. The summed E-state index contributed by atoms with van der Waals surface area (Å²) in [5.41, 5.74) is -0.0709. The van der Waals surface area contributed by atoms with Crippen molar-refractivity contribution in [3.63, 3.8) is 0 Å². The first-order chi connectivity index (χ1) is 12.0. The molecule has 1 unspecified atom stereocenters. The zero-order chi connectivity index (χ0) is 18.1. The predicted molar refractivity (Wildman–Crippen MR) is 94.5 cm³/mol. The Kier molecular flexibility index (Phi) is 4.78. The van der Waals surface area contributed by atoms with E-state index in [1.54, 1.807) is 11.6 Å². The fraction of sp³-hybridized carbons (Fsp3) is 0.647. The monoisotopic (exact) mass is 347 g/mol. The molecule has 8 heteroatoms. The van der Waals surface area contributed by atoms with Gasteiger partial charge in [-0.3, -0.25) is 18.7 Å². The molecular formula is C17H25N5O3. The minimum absolute atomic E-state index is 0.120. The summed E-state index contributed by atoms with van der Waals surface area (Å²) in [6.07, 6.45) is 6.14. The summed E-state index contributed by atoms with van der Waals surface area (Å²) in [4.78, 5) is 43.2. The lowest BCUT2D eigenvalue weighted by molar-refractivity contribution is -0.135. The summed E-state index contributed by atoms with van der Waals surface area (Å²) in [6, 6.07) is 0.328. The first-order valence-corrected chi connectivity index (χ1v) is 8.86. The van der Waals surface area contributed by atoms with Gasteiger partial charge in [-0.2, -0.15) is 0 Å². The van der Waals surface area contributed by atoms with E-state index in [0.29, 0.717) is 30.2 Å². The lowest BCUT2D eigenvalue weighted by atomic mass is 9.99. The Morgan fingerprint density at radius 2 is 2.00 bits per heavy atom. The highest BCUT2D eigenvalue weighted by molar-refractivity contribution is 5.77. The van der Waals surface area contributed by atoms with E-state index >= 15 is 0 Å². The molecule has 2 aromatic rings. The molecule has 3 heterocycles. The van der Waals surface area contributed by atoms with Crippen LogP contribution in [0, 0.1) is 0 Å². The SMILES string of the molecule is CCC1CCCCN1C(=O)CCn1cnc2c1c(=O)n(C)c(=O)n2C. The van der Waals surface area contributed by atoms with Crippen molar-refractivity contribution in [2.75, 3.05) is 6.54 Å². The van der Waals surface area contributed by atoms with Crippen molar-refractivity contribution in [1.82, 2.24) is 23.6 Å². The minimum Gasteiger partial charge on any atom is -0.340 e. The zero-order valence-corrected chi connectivity index (χ0v) is 15.1. The van der Waals surface area contributed by atoms with E-state index in [1.165, 1.54) is 24.4 Å². The van der Waals surface area contributed by atoms with Crippen molar-refractivity contribution in [3.05, 3.63) is 27.2 Å². The summed E-state index contributed by atoms with van der Waals surface area (Å²) in [7, 11) is 3.04. The molecule has 3 rings (SSSR count). The Morgan fingerprint density at radius 1 is 1.24 bits per heavy atom. The van der Waals surface area contributed by atoms with Crippen LogP contribution in [0.5, 0.6) is 0 Å². The van der Waals surface area contributed by atoms with Crippen molar-refractivity contribution in [3.8, 4) is 0 Å². The smallest absolute Gasteiger partial charge is 0.332 e. The van der Waals surface area contributed by atoms with E-state index in [0.717, 1.165) is 30.4 Å². The molecule has 1 atom stereocenters. The third-order valence-electron chi connectivity index (χ3n) is 5.20. The summed E-state index contributed by atoms with van der Waals surface area (Å²) >= 11 is 0. The second-order valence-corrected chi connectivity index (χ2v) is 6.71. The van der Waals surface area contributed by atoms with Crippen LogP contribution in [0.1, 0.15) is 39.0 Å². The van der Waals surface area contributed by atoms with E-state index in [2.05, 4.69) is 11.9 Å². The third kappa shape index (κ3) is 3.01. The first-order valence-electron chi connectivity index (χ1n) is 8.86. The van der Waals surface area contributed by atoms with E-state index in [-0.39, 0.29) is 11.5 Å². The molecule has 1 aliphatic heterocycles. The Bertz CT molecular complexity index is 907. The van der Waals surface area contributed by atoms with Crippen molar-refractivity contribution in [1.29, 1.82) is 0 Å². The maximum absolute atomic E-state index is 12.6. The van der Waals surface area contributed by atoms with E-state index < -0.39 is 5.69 Å². The molecule has 8 nitrogen and oxygen atoms in total. The number of rotatable bonds is 4. The van der Waals surface area contributed by atoms with Gasteiger partial charge >= 0.3 is 5.69 Å². The third-order valence-corrected chi connectivity index (χ3v) is 5.20. The molecule has 0 radical (unpaired) electrons. The summed E-state index contributed by atoms with van der Waals surface area (Å²) < 4.78 is 4.10. The number of hydrogen-bond acceptors (Lipinski definition) is 4. The highest BCUT2D eigenvalue weighted by Gasteiger charge is 2.25. The van der Waals surface area contributed by atoms with Crippen LogP contribution < -0.4 is 11.2 Å². The maximum Gasteiger partial charge on any atom is 0.332 e. The van der Waals surface area contributed by atoms with E-state index in [4.69, 9.17) is 0 Å². The number of imidazole rings is 1. The van der Waals surface area contributed by atoms with Crippen LogP contribution in [0.3, 0.4) is 0 Å². The quantitative estimate of drug-likeness (QED) is 0.812. The van der Waals surface area contributed by atoms with Crippen LogP contribution >= 0.6 is 0 Å². The molecule has 1 amide bonds. The molecule has 25 heavy (non-hydrogen) atoms. The zero-order valence-electron chi connectivity index (χ0n) is 15.1. The van der Waals surface area contributed by atoms with Crippen LogP contribution in [0.2, 0.25) is 0 Å². The standard InChI is InChI=1S/C17H25N5O3/c1-4-12-7-5-6-9-22(12)13(23)8-10-21-11-18-15-14(21)16(24)20(3)17(25)19(15)2/h11-12H,4-10H2,1-3H3. The Morgan fingerprint density at radius 3 is 2.72 bits per heavy atom. The molecule has 1 saturated heterocycles. The normalized spacial score (nSPS) is 18.0. The molecular weight excluding hydrogens is 322 g/mol. The van der Waals surface area contributed by atoms with Crippen LogP contribution in [0.25, 0.3) is 11.2 Å². The van der Waals surface area contributed by atoms with Crippen molar-refractivity contribution in [2.24, 2.45) is 14.1 Å². The number of likely N-dealkylation sites (tertiary alicyclic amines) is 1. The molecule has 0 N–H and O–H groups in total. The summed E-state index contributed by atoms with van der Waals surface area (Å²) in [5, 5.41) is 0. The maximum atomic E-state index is 12.6. The number of hydrogen-bond donors (Lipinski definition) is 0. The highest BCUT2D eigenvalue weighted by atomic mass is 16.2. The lowest BCUT2D eigenvalue weighted by Gasteiger charge is -2.35. The number of carbonyl (C=O) groups excluding carboxylic acids is 1. The predicted octanol–water partition coefficient (Wildman–Crippen LogP) is 0.615. The lowest BCUT2D eigenvalue weighted by Crippen LogP contribution is -2.43. The second kappa shape index (κ2) is 6.85. The van der Waals surface area contributed by atoms with Gasteiger partial charge in [0.05, 0.1) is 6.33 Å². The number of fused-ring (bicyclic) bond motifs is 1. The Hall–Kier alpha value is -2.38. The number of nitrogens with zero attached hydrogens (tertiary/aromatic N) is 5. The first kappa shape index (κ1) is 17.4. The molecule has 2 aromatic heterocycles. The number of piperidine rings is 1. The molecule has 0 spiro atoms. The highest BCUT2D eigenvalue weighted by Crippen LogP contribution is 2.20. The van der Waals surface area contributed by atoms with Crippen molar-refractivity contribution >= 4 is 17.1 Å². The fourth-order valence-corrected chi connectivity index (χ4v) is 3.68. The van der Waals surface area contributed by atoms with E-state index in [1.807, 2.05) is 4.90 Å². The largest absolute Gasteiger partial charge is 0.340 e. The fourth-order valence-electron chi connectivity index (χ4n) is 3.68. The number of amides is 1. The van der Waals surface area contributed by atoms with Gasteiger partial charge in [0.25, 0.3) is 5.56 Å². The van der Waals surface area contributed by atoms with Gasteiger partial charge in [0.1, 0.15) is 0 Å². The average Bonchev–Trinajstić information content (AvgIpc) is 3.06. The molecule has 0 saturated carbocycles. The number of carbonyl (C=O) groups is 1.